The second kappa shape index (κ2) is 10.0. The lowest BCUT2D eigenvalue weighted by molar-refractivity contribution is 0.104. The van der Waals surface area contributed by atoms with Crippen LogP contribution in [0.5, 0.6) is 23.0 Å². The Balaban J connectivity index is 0.00000166. The smallest absolute Gasteiger partial charge is 0.446 e. The lowest BCUT2D eigenvalue weighted by Gasteiger charge is -2.13. The number of allylic oxidation sites excluding steroid dienone is 1. The second-order valence-corrected chi connectivity index (χ2v) is 6.76. The summed E-state index contributed by atoms with van der Waals surface area (Å²) in [6.07, 6.45) is 3.92. The van der Waals surface area contributed by atoms with Crippen LogP contribution in [0.4, 0.5) is 0 Å². The molecular formula is C21H22O9S. The number of aromatic hydroxyl groups is 1. The molecule has 0 aliphatic rings. The van der Waals surface area contributed by atoms with E-state index in [2.05, 4.69) is 4.18 Å². The van der Waals surface area contributed by atoms with Crippen LogP contribution in [0.2, 0.25) is 0 Å². The van der Waals surface area contributed by atoms with Crippen LogP contribution in [0.15, 0.2) is 47.1 Å². The third kappa shape index (κ3) is 5.36. The van der Waals surface area contributed by atoms with Gasteiger partial charge in [-0.05, 0) is 29.8 Å². The van der Waals surface area contributed by atoms with Gasteiger partial charge in [-0.3, -0.25) is 9.35 Å². The zero-order chi connectivity index (χ0) is 23.2. The van der Waals surface area contributed by atoms with Gasteiger partial charge in [0.05, 0.1) is 25.9 Å². The van der Waals surface area contributed by atoms with Crippen molar-refractivity contribution in [3.05, 3.63) is 53.8 Å². The zero-order valence-corrected chi connectivity index (χ0v) is 18.1. The second-order valence-electron chi connectivity index (χ2n) is 5.73. The standard InChI is InChI=1S/C19H16O9S.C2H6/c1-25-17-13-8-9-27-18(13)19(26-2)16(21)15(17)14(20)7-6-11-4-3-5-12(10-11)28-29(22,23)24;1-2/h3-10,21H,1-2H3,(H,22,23,24);1-2H3/b7-6+;. The number of phenolic OH excluding ortho intramolecular Hbond substituents is 1. The zero-order valence-electron chi connectivity index (χ0n) is 17.3. The Kier molecular flexibility index (Phi) is 7.67. The summed E-state index contributed by atoms with van der Waals surface area (Å²) in [5.41, 5.74) is 0.520. The first-order chi connectivity index (χ1) is 14.7. The summed E-state index contributed by atoms with van der Waals surface area (Å²) in [5.74, 6) is -1.06. The lowest BCUT2D eigenvalue weighted by Crippen LogP contribution is -2.06. The van der Waals surface area contributed by atoms with Crippen LogP contribution in [0.25, 0.3) is 17.0 Å². The summed E-state index contributed by atoms with van der Waals surface area (Å²) in [6, 6.07) is 7.25. The van der Waals surface area contributed by atoms with Crippen molar-refractivity contribution >= 4 is 33.2 Å². The molecule has 31 heavy (non-hydrogen) atoms. The van der Waals surface area contributed by atoms with E-state index in [0.29, 0.717) is 10.9 Å². The predicted molar refractivity (Wildman–Crippen MR) is 114 cm³/mol. The van der Waals surface area contributed by atoms with E-state index in [9.17, 15) is 18.3 Å². The molecule has 2 N–H and O–H groups in total. The molecule has 0 radical (unpaired) electrons. The predicted octanol–water partition coefficient (Wildman–Crippen LogP) is 4.26. The van der Waals surface area contributed by atoms with Crippen LogP contribution in [0.3, 0.4) is 0 Å². The Morgan fingerprint density at radius 2 is 1.77 bits per heavy atom. The molecule has 0 saturated heterocycles. The highest BCUT2D eigenvalue weighted by atomic mass is 32.3. The largest absolute Gasteiger partial charge is 0.504 e. The first-order valence-electron chi connectivity index (χ1n) is 9.08. The van der Waals surface area contributed by atoms with E-state index in [0.717, 1.165) is 6.08 Å². The molecule has 0 saturated carbocycles. The number of furan rings is 1. The van der Waals surface area contributed by atoms with Crippen LogP contribution in [0, 0.1) is 0 Å². The highest BCUT2D eigenvalue weighted by molar-refractivity contribution is 7.81. The molecule has 1 heterocycles. The molecule has 0 spiro atoms. The summed E-state index contributed by atoms with van der Waals surface area (Å²) in [5, 5.41) is 11.0. The molecule has 0 aliphatic carbocycles. The minimum absolute atomic E-state index is 0.00824. The Morgan fingerprint density at radius 3 is 2.39 bits per heavy atom. The monoisotopic (exact) mass is 450 g/mol. The van der Waals surface area contributed by atoms with Crippen molar-refractivity contribution in [3.63, 3.8) is 0 Å². The first-order valence-corrected chi connectivity index (χ1v) is 10.4. The third-order valence-corrected chi connectivity index (χ3v) is 4.34. The normalized spacial score (nSPS) is 11.1. The Bertz CT molecular complexity index is 1210. The molecule has 10 heteroatoms. The van der Waals surface area contributed by atoms with E-state index >= 15 is 0 Å². The number of ether oxygens (including phenoxy) is 2. The highest BCUT2D eigenvalue weighted by Crippen LogP contribution is 2.45. The SMILES string of the molecule is CC.COc1c(C(=O)/C=C/c2cccc(OS(=O)(=O)O)c2)c(O)c(OC)c2occc12. The van der Waals surface area contributed by atoms with Gasteiger partial charge in [-0.2, -0.15) is 8.42 Å². The molecule has 9 nitrogen and oxygen atoms in total. The van der Waals surface area contributed by atoms with Gasteiger partial charge < -0.3 is 23.2 Å². The Morgan fingerprint density at radius 1 is 1.10 bits per heavy atom. The average molecular weight is 450 g/mol. The van der Waals surface area contributed by atoms with Crippen molar-refractivity contribution in [3.8, 4) is 23.0 Å². The van der Waals surface area contributed by atoms with Gasteiger partial charge in [-0.15, -0.1) is 0 Å². The molecule has 0 bridgehead atoms. The van der Waals surface area contributed by atoms with Gasteiger partial charge in [-0.1, -0.05) is 32.1 Å². The molecule has 3 rings (SSSR count). The van der Waals surface area contributed by atoms with Gasteiger partial charge in [0.25, 0.3) is 0 Å². The molecule has 0 aliphatic heterocycles. The topological polar surface area (TPSA) is 132 Å². The number of ketones is 1. The van der Waals surface area contributed by atoms with Crippen molar-refractivity contribution in [2.75, 3.05) is 14.2 Å². The number of carbonyl (C=O) groups excluding carboxylic acids is 1. The summed E-state index contributed by atoms with van der Waals surface area (Å²) >= 11 is 0. The van der Waals surface area contributed by atoms with Gasteiger partial charge in [0.2, 0.25) is 5.75 Å². The molecule has 0 amide bonds. The molecule has 2 aromatic carbocycles. The summed E-state index contributed by atoms with van der Waals surface area (Å²) in [7, 11) is -1.99. The van der Waals surface area contributed by atoms with Crippen LogP contribution >= 0.6 is 0 Å². The minimum Gasteiger partial charge on any atom is -0.504 e. The average Bonchev–Trinajstić information content (AvgIpc) is 3.21. The molecule has 0 unspecified atom stereocenters. The number of benzene rings is 2. The van der Waals surface area contributed by atoms with Crippen molar-refractivity contribution in [1.29, 1.82) is 0 Å². The number of rotatable bonds is 7. The Labute approximate surface area is 179 Å². The van der Waals surface area contributed by atoms with E-state index < -0.39 is 21.9 Å². The number of fused-ring (bicyclic) bond motifs is 1. The molecular weight excluding hydrogens is 428 g/mol. The fourth-order valence-corrected chi connectivity index (χ4v) is 3.15. The molecule has 0 fully saturated rings. The number of methoxy groups -OCH3 is 2. The number of hydrogen-bond donors (Lipinski definition) is 2. The molecule has 166 valence electrons. The van der Waals surface area contributed by atoms with E-state index in [1.165, 1.54) is 44.8 Å². The fourth-order valence-electron chi connectivity index (χ4n) is 2.80. The van der Waals surface area contributed by atoms with Crippen molar-refractivity contribution in [2.24, 2.45) is 0 Å². The summed E-state index contributed by atoms with van der Waals surface area (Å²) < 4.78 is 50.5. The van der Waals surface area contributed by atoms with Crippen molar-refractivity contribution in [2.45, 2.75) is 13.8 Å². The fraction of sp³-hybridized carbons (Fsp3) is 0.190. The van der Waals surface area contributed by atoms with E-state index in [-0.39, 0.29) is 28.4 Å². The minimum atomic E-state index is -4.67. The third-order valence-electron chi connectivity index (χ3n) is 3.94. The van der Waals surface area contributed by atoms with E-state index in [1.54, 1.807) is 12.1 Å². The van der Waals surface area contributed by atoms with Crippen LogP contribution in [-0.2, 0) is 10.4 Å². The molecule has 0 atom stereocenters. The van der Waals surface area contributed by atoms with Crippen molar-refractivity contribution < 1.29 is 40.9 Å². The van der Waals surface area contributed by atoms with Gasteiger partial charge in [0.1, 0.15) is 17.1 Å². The van der Waals surface area contributed by atoms with Gasteiger partial charge in [0, 0.05) is 0 Å². The van der Waals surface area contributed by atoms with Gasteiger partial charge in [0.15, 0.2) is 17.1 Å². The maximum absolute atomic E-state index is 12.8. The van der Waals surface area contributed by atoms with E-state index in [1.807, 2.05) is 13.8 Å². The van der Waals surface area contributed by atoms with Gasteiger partial charge in [-0.25, -0.2) is 0 Å². The summed E-state index contributed by atoms with van der Waals surface area (Å²) in [6.45, 7) is 4.00. The maximum atomic E-state index is 12.8. The number of carbonyl (C=O) groups is 1. The lowest BCUT2D eigenvalue weighted by atomic mass is 10.0. The Hall–Kier alpha value is -3.50. The van der Waals surface area contributed by atoms with Crippen LogP contribution in [-0.4, -0.2) is 38.1 Å². The van der Waals surface area contributed by atoms with Crippen LogP contribution in [0.1, 0.15) is 29.8 Å². The molecule has 3 aromatic rings. The van der Waals surface area contributed by atoms with E-state index in [4.69, 9.17) is 18.4 Å². The highest BCUT2D eigenvalue weighted by Gasteiger charge is 2.26. The summed E-state index contributed by atoms with van der Waals surface area (Å²) in [4.78, 5) is 12.8. The molecule has 1 aromatic heterocycles. The van der Waals surface area contributed by atoms with Gasteiger partial charge >= 0.3 is 10.4 Å². The number of phenols is 1. The maximum Gasteiger partial charge on any atom is 0.446 e. The quantitative estimate of drug-likeness (QED) is 0.308. The first kappa shape index (κ1) is 23.8. The van der Waals surface area contributed by atoms with Crippen LogP contribution < -0.4 is 13.7 Å². The number of hydrogen-bond acceptors (Lipinski definition) is 8. The van der Waals surface area contributed by atoms with Crippen molar-refractivity contribution in [1.82, 2.24) is 0 Å².